The van der Waals surface area contributed by atoms with Gasteiger partial charge in [0.2, 0.25) is 6.61 Å². The van der Waals surface area contributed by atoms with E-state index in [4.69, 9.17) is 19.0 Å². The first-order chi connectivity index (χ1) is 16.4. The van der Waals surface area contributed by atoms with E-state index in [1.165, 1.54) is 30.2 Å². The van der Waals surface area contributed by atoms with Crippen molar-refractivity contribution >= 4 is 23.4 Å². The van der Waals surface area contributed by atoms with Crippen molar-refractivity contribution in [2.24, 2.45) is 5.16 Å². The topological polar surface area (TPSA) is 132 Å². The van der Waals surface area contributed by atoms with Gasteiger partial charge >= 0.3 is 5.97 Å². The minimum Gasteiger partial charge on any atom is -0.491 e. The number of esters is 1. The van der Waals surface area contributed by atoms with Crippen molar-refractivity contribution in [1.82, 2.24) is 15.1 Å². The van der Waals surface area contributed by atoms with Crippen LogP contribution in [-0.4, -0.2) is 84.1 Å². The number of ketones is 1. The molecule has 34 heavy (non-hydrogen) atoms. The molecule has 1 fully saturated rings. The lowest BCUT2D eigenvalue weighted by molar-refractivity contribution is -0.148. The van der Waals surface area contributed by atoms with Crippen LogP contribution in [0.1, 0.15) is 29.9 Å². The summed E-state index contributed by atoms with van der Waals surface area (Å²) in [5.74, 6) is -1.89. The molecule has 1 unspecified atom stereocenters. The highest BCUT2D eigenvalue weighted by atomic mass is 19.1. The smallest absolute Gasteiger partial charge is 0.347 e. The highest BCUT2D eigenvalue weighted by molar-refractivity contribution is 6.44. The van der Waals surface area contributed by atoms with E-state index in [1.807, 2.05) is 0 Å². The number of carbonyl (C=O) groups is 3. The number of halogens is 1. The third-order valence-corrected chi connectivity index (χ3v) is 4.78. The Bertz CT molecular complexity index is 1040. The van der Waals surface area contributed by atoms with Gasteiger partial charge in [0.05, 0.1) is 31.0 Å². The van der Waals surface area contributed by atoms with Crippen LogP contribution in [0.5, 0.6) is 5.75 Å². The largest absolute Gasteiger partial charge is 0.491 e. The number of ether oxygens (including phenoxy) is 3. The Kier molecular flexibility index (Phi) is 8.68. The summed E-state index contributed by atoms with van der Waals surface area (Å²) in [5, 5.41) is 10.3. The summed E-state index contributed by atoms with van der Waals surface area (Å²) in [6, 6.07) is 5.53. The molecule has 1 aliphatic rings. The van der Waals surface area contributed by atoms with Crippen molar-refractivity contribution in [1.29, 1.82) is 0 Å². The van der Waals surface area contributed by atoms with Crippen molar-refractivity contribution < 1.29 is 37.8 Å². The fraction of sp³-hybridized carbons (Fsp3) is 0.409. The average Bonchev–Trinajstić information content (AvgIpc) is 3.35. The Morgan fingerprint density at radius 1 is 1.32 bits per heavy atom. The second-order valence-corrected chi connectivity index (χ2v) is 7.24. The van der Waals surface area contributed by atoms with Crippen LogP contribution in [0.4, 0.5) is 4.39 Å². The number of rotatable bonds is 10. The minimum absolute atomic E-state index is 0.0196. The number of carbonyl (C=O) groups excluding carboxylic acids is 3. The number of hydrogen-bond acceptors (Lipinski definition) is 9. The van der Waals surface area contributed by atoms with Crippen LogP contribution in [-0.2, 0) is 23.9 Å². The number of Topliss-reactive ketones (excluding diaryl/α,β-unsaturated/α-hetero) is 1. The monoisotopic (exact) mass is 476 g/mol. The van der Waals surface area contributed by atoms with E-state index >= 15 is 0 Å². The van der Waals surface area contributed by atoms with Crippen molar-refractivity contribution in [3.05, 3.63) is 47.5 Å². The molecule has 0 bridgehead atoms. The molecule has 1 aliphatic heterocycles. The molecule has 11 nitrogen and oxygen atoms in total. The van der Waals surface area contributed by atoms with Gasteiger partial charge in [-0.2, -0.15) is 5.10 Å². The van der Waals surface area contributed by atoms with Crippen molar-refractivity contribution in [3.8, 4) is 5.75 Å². The fourth-order valence-electron chi connectivity index (χ4n) is 3.16. The Balaban J connectivity index is 1.62. The van der Waals surface area contributed by atoms with Crippen LogP contribution in [0.3, 0.4) is 0 Å². The van der Waals surface area contributed by atoms with Gasteiger partial charge in [0.1, 0.15) is 24.3 Å². The van der Waals surface area contributed by atoms with E-state index in [0.717, 1.165) is 6.07 Å². The number of nitrogens with zero attached hydrogens (tertiary/aromatic N) is 3. The van der Waals surface area contributed by atoms with Crippen LogP contribution in [0.2, 0.25) is 0 Å². The first-order valence-electron chi connectivity index (χ1n) is 10.6. The van der Waals surface area contributed by atoms with Crippen LogP contribution in [0, 0.1) is 5.82 Å². The van der Waals surface area contributed by atoms with Gasteiger partial charge in [0.15, 0.2) is 11.5 Å². The number of oxime groups is 1. The number of H-pyrrole nitrogens is 1. The Hall–Kier alpha value is -3.80. The fourth-order valence-corrected chi connectivity index (χ4v) is 3.16. The normalized spacial score (nSPS) is 16.1. The standard InChI is InChI=1S/C22H25FN4O7/c1-3-31-20(29)13-34-26-21(19-6-7-24-25-19)22(30)27-8-9-32-16(11-27)12-33-15-4-5-17(14(2)28)18(23)10-15/h4-7,10,16H,3,8-9,11-13H2,1-2H3,(H,24,25). The minimum atomic E-state index is -0.672. The van der Waals surface area contributed by atoms with Crippen LogP contribution >= 0.6 is 0 Å². The second-order valence-electron chi connectivity index (χ2n) is 7.24. The van der Waals surface area contributed by atoms with E-state index in [2.05, 4.69) is 15.4 Å². The predicted molar refractivity (Wildman–Crippen MR) is 116 cm³/mol. The molecule has 1 N–H and O–H groups in total. The Labute approximate surface area is 194 Å². The molecule has 12 heteroatoms. The lowest BCUT2D eigenvalue weighted by Crippen LogP contribution is -2.50. The maximum atomic E-state index is 14.0. The van der Waals surface area contributed by atoms with Gasteiger partial charge in [-0.25, -0.2) is 9.18 Å². The SMILES string of the molecule is CCOC(=O)CON=C(C(=O)N1CCOC(COc2ccc(C(C)=O)c(F)c2)C1)c1ccn[nH]1. The summed E-state index contributed by atoms with van der Waals surface area (Å²) in [6.45, 7) is 3.47. The maximum absolute atomic E-state index is 14.0. The van der Waals surface area contributed by atoms with Gasteiger partial charge in [0, 0.05) is 18.8 Å². The summed E-state index contributed by atoms with van der Waals surface area (Å²) in [4.78, 5) is 42.5. The molecule has 2 heterocycles. The number of aromatic nitrogens is 2. The molecule has 2 aromatic rings. The summed E-state index contributed by atoms with van der Waals surface area (Å²) in [5.41, 5.74) is 0.230. The molecule has 0 saturated carbocycles. The Morgan fingerprint density at radius 2 is 2.15 bits per heavy atom. The molecular weight excluding hydrogens is 451 g/mol. The summed E-state index contributed by atoms with van der Waals surface area (Å²) < 4.78 is 30.0. The quantitative estimate of drug-likeness (QED) is 0.235. The van der Waals surface area contributed by atoms with Gasteiger partial charge < -0.3 is 23.9 Å². The van der Waals surface area contributed by atoms with Crippen LogP contribution in [0.15, 0.2) is 35.6 Å². The lowest BCUT2D eigenvalue weighted by atomic mass is 10.1. The number of aromatic amines is 1. The predicted octanol–water partition coefficient (Wildman–Crippen LogP) is 1.34. The molecule has 1 atom stereocenters. The van der Waals surface area contributed by atoms with Gasteiger partial charge in [-0.05, 0) is 32.0 Å². The van der Waals surface area contributed by atoms with E-state index in [1.54, 1.807) is 13.0 Å². The molecule has 1 aromatic heterocycles. The molecule has 1 saturated heterocycles. The number of benzene rings is 1. The molecule has 1 aromatic carbocycles. The van der Waals surface area contributed by atoms with Crippen molar-refractivity contribution in [3.63, 3.8) is 0 Å². The third kappa shape index (κ3) is 6.61. The first-order valence-corrected chi connectivity index (χ1v) is 10.6. The van der Waals surface area contributed by atoms with E-state index in [0.29, 0.717) is 12.2 Å². The number of morpholine rings is 1. The first kappa shape index (κ1) is 24.8. The van der Waals surface area contributed by atoms with E-state index in [-0.39, 0.29) is 49.2 Å². The van der Waals surface area contributed by atoms with Crippen molar-refractivity contribution in [2.75, 3.05) is 39.5 Å². The second kappa shape index (κ2) is 11.9. The molecule has 1 amide bonds. The van der Waals surface area contributed by atoms with E-state index in [9.17, 15) is 18.8 Å². The average molecular weight is 476 g/mol. The molecular formula is C22H25FN4O7. The van der Waals surface area contributed by atoms with Gasteiger partial charge in [-0.15, -0.1) is 0 Å². The molecule has 0 radical (unpaired) electrons. The number of nitrogens with one attached hydrogen (secondary N) is 1. The number of amides is 1. The highest BCUT2D eigenvalue weighted by Crippen LogP contribution is 2.18. The molecule has 0 aliphatic carbocycles. The van der Waals surface area contributed by atoms with Gasteiger partial charge in [-0.1, -0.05) is 5.16 Å². The number of hydrogen-bond donors (Lipinski definition) is 1. The zero-order chi connectivity index (χ0) is 24.5. The zero-order valence-corrected chi connectivity index (χ0v) is 18.8. The van der Waals surface area contributed by atoms with Gasteiger partial charge in [0.25, 0.3) is 5.91 Å². The summed E-state index contributed by atoms with van der Waals surface area (Å²) in [7, 11) is 0. The zero-order valence-electron chi connectivity index (χ0n) is 18.8. The van der Waals surface area contributed by atoms with Crippen molar-refractivity contribution in [2.45, 2.75) is 20.0 Å². The van der Waals surface area contributed by atoms with E-state index < -0.39 is 30.4 Å². The molecule has 0 spiro atoms. The highest BCUT2D eigenvalue weighted by Gasteiger charge is 2.29. The maximum Gasteiger partial charge on any atom is 0.347 e. The third-order valence-electron chi connectivity index (χ3n) is 4.78. The Morgan fingerprint density at radius 3 is 2.82 bits per heavy atom. The van der Waals surface area contributed by atoms with Crippen LogP contribution < -0.4 is 4.74 Å². The lowest BCUT2D eigenvalue weighted by Gasteiger charge is -2.32. The van der Waals surface area contributed by atoms with Crippen LogP contribution in [0.25, 0.3) is 0 Å². The summed E-state index contributed by atoms with van der Waals surface area (Å²) in [6.07, 6.45) is 0.965. The van der Waals surface area contributed by atoms with Gasteiger partial charge in [-0.3, -0.25) is 14.7 Å². The molecule has 182 valence electrons. The molecule has 3 rings (SSSR count). The summed E-state index contributed by atoms with van der Waals surface area (Å²) >= 11 is 0.